The van der Waals surface area contributed by atoms with Gasteiger partial charge in [0.2, 0.25) is 0 Å². The number of carbonyl (C=O) groups is 1. The lowest BCUT2D eigenvalue weighted by Crippen LogP contribution is -2.27. The second kappa shape index (κ2) is 2.92. The van der Waals surface area contributed by atoms with Crippen molar-refractivity contribution >= 4 is 6.47 Å². The maximum atomic E-state index is 10.3. The highest BCUT2D eigenvalue weighted by Crippen LogP contribution is 2.46. The van der Waals surface area contributed by atoms with Crippen molar-refractivity contribution in [2.75, 3.05) is 0 Å². The molecule has 2 bridgehead atoms. The second-order valence-electron chi connectivity index (χ2n) is 3.72. The van der Waals surface area contributed by atoms with Gasteiger partial charge in [-0.25, -0.2) is 0 Å². The highest BCUT2D eigenvalue weighted by molar-refractivity contribution is 5.38. The van der Waals surface area contributed by atoms with E-state index in [4.69, 9.17) is 4.74 Å². The van der Waals surface area contributed by atoms with Crippen molar-refractivity contribution in [1.82, 2.24) is 0 Å². The molecule has 0 spiro atoms. The Balaban J connectivity index is 2.11. The fraction of sp³-hybridized carbons (Fsp3) is 0.700. The van der Waals surface area contributed by atoms with Crippen LogP contribution in [-0.4, -0.2) is 12.6 Å². The molecule has 0 aromatic carbocycles. The molecule has 2 nitrogen and oxygen atoms in total. The summed E-state index contributed by atoms with van der Waals surface area (Å²) in [5, 5.41) is 0. The van der Waals surface area contributed by atoms with Crippen LogP contribution in [0.3, 0.4) is 0 Å². The second-order valence-corrected chi connectivity index (χ2v) is 3.72. The Morgan fingerprint density at radius 3 is 2.92 bits per heavy atom. The van der Waals surface area contributed by atoms with Crippen LogP contribution >= 0.6 is 0 Å². The summed E-state index contributed by atoms with van der Waals surface area (Å²) in [5.74, 6) is 1.75. The van der Waals surface area contributed by atoms with E-state index in [9.17, 15) is 4.79 Å². The average Bonchev–Trinajstić information content (AvgIpc) is 2.64. The van der Waals surface area contributed by atoms with Crippen molar-refractivity contribution in [1.29, 1.82) is 0 Å². The third kappa shape index (κ3) is 0.977. The topological polar surface area (TPSA) is 26.3 Å². The number of hydrogen-bond donors (Lipinski definition) is 0. The lowest BCUT2D eigenvalue weighted by atomic mass is 9.89. The number of rotatable bonds is 3. The standard InChI is InChI=1S/C10H14O2/c1-2-9-7-3-4-8(5-7)10(9)12-6-11/h3-4,6-10H,2,5H2,1H3. The minimum absolute atomic E-state index is 0.169. The molecule has 4 unspecified atom stereocenters. The largest absolute Gasteiger partial charge is 0.464 e. The molecule has 1 fully saturated rings. The summed E-state index contributed by atoms with van der Waals surface area (Å²) in [6, 6.07) is 0. The summed E-state index contributed by atoms with van der Waals surface area (Å²) in [6.07, 6.45) is 6.96. The Labute approximate surface area is 72.6 Å². The molecule has 0 saturated heterocycles. The van der Waals surface area contributed by atoms with E-state index in [1.165, 1.54) is 6.42 Å². The van der Waals surface area contributed by atoms with Crippen LogP contribution in [0.1, 0.15) is 19.8 Å². The first-order valence-corrected chi connectivity index (χ1v) is 4.64. The smallest absolute Gasteiger partial charge is 0.293 e. The van der Waals surface area contributed by atoms with Gasteiger partial charge >= 0.3 is 0 Å². The van der Waals surface area contributed by atoms with Gasteiger partial charge in [-0.15, -0.1) is 0 Å². The fourth-order valence-corrected chi connectivity index (χ4v) is 2.68. The Hall–Kier alpha value is -0.790. The third-order valence-electron chi connectivity index (χ3n) is 3.23. The maximum absolute atomic E-state index is 10.3. The number of carbonyl (C=O) groups excluding carboxylic acids is 1. The summed E-state index contributed by atoms with van der Waals surface area (Å²) in [4.78, 5) is 10.3. The quantitative estimate of drug-likeness (QED) is 0.471. The van der Waals surface area contributed by atoms with E-state index in [0.717, 1.165) is 6.42 Å². The SMILES string of the molecule is CCC1C2C=CC(C2)C1OC=O. The minimum Gasteiger partial charge on any atom is -0.464 e. The van der Waals surface area contributed by atoms with Gasteiger partial charge in [-0.2, -0.15) is 0 Å². The Bertz CT molecular complexity index is 210. The third-order valence-corrected chi connectivity index (χ3v) is 3.23. The van der Waals surface area contributed by atoms with Crippen molar-refractivity contribution in [3.63, 3.8) is 0 Å². The molecule has 66 valence electrons. The summed E-state index contributed by atoms with van der Waals surface area (Å²) < 4.78 is 5.11. The van der Waals surface area contributed by atoms with Crippen molar-refractivity contribution in [2.45, 2.75) is 25.9 Å². The highest BCUT2D eigenvalue weighted by atomic mass is 16.5. The Kier molecular flexibility index (Phi) is 1.91. The minimum atomic E-state index is 0.169. The Morgan fingerprint density at radius 1 is 1.50 bits per heavy atom. The van der Waals surface area contributed by atoms with Crippen molar-refractivity contribution in [3.05, 3.63) is 12.2 Å². The molecule has 2 heteroatoms. The molecule has 0 aliphatic heterocycles. The highest BCUT2D eigenvalue weighted by Gasteiger charge is 2.44. The molecule has 12 heavy (non-hydrogen) atoms. The van der Waals surface area contributed by atoms with Gasteiger partial charge < -0.3 is 4.74 Å². The lowest BCUT2D eigenvalue weighted by Gasteiger charge is -2.24. The van der Waals surface area contributed by atoms with Crippen LogP contribution in [0.5, 0.6) is 0 Å². The summed E-state index contributed by atoms with van der Waals surface area (Å²) in [7, 11) is 0. The molecule has 2 rings (SSSR count). The summed E-state index contributed by atoms with van der Waals surface area (Å²) in [6.45, 7) is 2.77. The predicted molar refractivity (Wildman–Crippen MR) is 45.5 cm³/mol. The maximum Gasteiger partial charge on any atom is 0.293 e. The van der Waals surface area contributed by atoms with Crippen LogP contribution in [0.2, 0.25) is 0 Å². The number of fused-ring (bicyclic) bond motifs is 2. The van der Waals surface area contributed by atoms with Gasteiger partial charge in [0.15, 0.2) is 0 Å². The molecular formula is C10H14O2. The average molecular weight is 166 g/mol. The first kappa shape index (κ1) is 7.84. The zero-order chi connectivity index (χ0) is 8.55. The van der Waals surface area contributed by atoms with Gasteiger partial charge in [0, 0.05) is 11.8 Å². The van der Waals surface area contributed by atoms with Crippen LogP contribution in [0.15, 0.2) is 12.2 Å². The fourth-order valence-electron chi connectivity index (χ4n) is 2.68. The van der Waals surface area contributed by atoms with E-state index in [1.54, 1.807) is 0 Å². The van der Waals surface area contributed by atoms with Crippen LogP contribution in [-0.2, 0) is 9.53 Å². The predicted octanol–water partition coefficient (Wildman–Crippen LogP) is 1.76. The van der Waals surface area contributed by atoms with Gasteiger partial charge in [0.1, 0.15) is 6.10 Å². The van der Waals surface area contributed by atoms with E-state index in [2.05, 4.69) is 19.1 Å². The normalized spacial score (nSPS) is 43.4. The Morgan fingerprint density at radius 2 is 2.25 bits per heavy atom. The van der Waals surface area contributed by atoms with Gasteiger partial charge in [0.25, 0.3) is 6.47 Å². The zero-order valence-corrected chi connectivity index (χ0v) is 7.27. The number of hydrogen-bond acceptors (Lipinski definition) is 2. The number of allylic oxidation sites excluding steroid dienone is 1. The molecule has 0 radical (unpaired) electrons. The van der Waals surface area contributed by atoms with Gasteiger partial charge in [0.05, 0.1) is 0 Å². The number of ether oxygens (including phenoxy) is 1. The molecule has 2 aliphatic rings. The molecule has 2 aliphatic carbocycles. The molecular weight excluding hydrogens is 152 g/mol. The van der Waals surface area contributed by atoms with Crippen LogP contribution in [0.25, 0.3) is 0 Å². The van der Waals surface area contributed by atoms with Gasteiger partial charge in [-0.05, 0) is 18.8 Å². The van der Waals surface area contributed by atoms with E-state index >= 15 is 0 Å². The van der Waals surface area contributed by atoms with Crippen LogP contribution < -0.4 is 0 Å². The van der Waals surface area contributed by atoms with E-state index in [0.29, 0.717) is 24.2 Å². The van der Waals surface area contributed by atoms with Crippen LogP contribution in [0.4, 0.5) is 0 Å². The summed E-state index contributed by atoms with van der Waals surface area (Å²) >= 11 is 0. The van der Waals surface area contributed by atoms with E-state index in [1.807, 2.05) is 0 Å². The van der Waals surface area contributed by atoms with E-state index < -0.39 is 0 Å². The molecule has 0 aromatic heterocycles. The first-order valence-electron chi connectivity index (χ1n) is 4.64. The van der Waals surface area contributed by atoms with Crippen LogP contribution in [0, 0.1) is 17.8 Å². The monoisotopic (exact) mass is 166 g/mol. The molecule has 4 atom stereocenters. The molecule has 0 amide bonds. The van der Waals surface area contributed by atoms with Crippen molar-refractivity contribution < 1.29 is 9.53 Å². The van der Waals surface area contributed by atoms with Gasteiger partial charge in [-0.3, -0.25) is 4.79 Å². The van der Waals surface area contributed by atoms with E-state index in [-0.39, 0.29) is 6.10 Å². The van der Waals surface area contributed by atoms with Crippen molar-refractivity contribution in [2.24, 2.45) is 17.8 Å². The molecule has 1 saturated carbocycles. The lowest BCUT2D eigenvalue weighted by molar-refractivity contribution is -0.137. The summed E-state index contributed by atoms with van der Waals surface area (Å²) in [5.41, 5.74) is 0. The van der Waals surface area contributed by atoms with Gasteiger partial charge in [-0.1, -0.05) is 19.1 Å². The molecule has 0 N–H and O–H groups in total. The molecule has 0 heterocycles. The first-order chi connectivity index (χ1) is 5.86. The zero-order valence-electron chi connectivity index (χ0n) is 7.27. The molecule has 0 aromatic rings. The van der Waals surface area contributed by atoms with Crippen molar-refractivity contribution in [3.8, 4) is 0 Å².